The van der Waals surface area contributed by atoms with Gasteiger partial charge in [0, 0.05) is 5.56 Å². The van der Waals surface area contributed by atoms with Crippen LogP contribution in [0.15, 0.2) is 30.3 Å². The Balaban J connectivity index is 2.79. The second-order valence-corrected chi connectivity index (χ2v) is 5.36. The fourth-order valence-corrected chi connectivity index (χ4v) is 2.59. The van der Waals surface area contributed by atoms with Crippen LogP contribution in [-0.2, 0) is 4.74 Å². The van der Waals surface area contributed by atoms with Crippen molar-refractivity contribution < 1.29 is 14.3 Å². The highest BCUT2D eigenvalue weighted by atomic mass is 16.5. The average molecular weight is 348 g/mol. The lowest BCUT2D eigenvalue weighted by Gasteiger charge is -2.16. The number of nitriles is 2. The van der Waals surface area contributed by atoms with Gasteiger partial charge >= 0.3 is 5.97 Å². The molecule has 2 aromatic rings. The van der Waals surface area contributed by atoms with Gasteiger partial charge in [0.2, 0.25) is 0 Å². The molecule has 2 rings (SSSR count). The molecular weight excluding hydrogens is 332 g/mol. The van der Waals surface area contributed by atoms with Crippen molar-refractivity contribution in [3.8, 4) is 12.1 Å². The van der Waals surface area contributed by atoms with Crippen molar-refractivity contribution in [1.29, 1.82) is 10.5 Å². The van der Waals surface area contributed by atoms with Crippen LogP contribution in [0.25, 0.3) is 0 Å². The van der Waals surface area contributed by atoms with Crippen molar-refractivity contribution in [2.75, 3.05) is 12.3 Å². The van der Waals surface area contributed by atoms with Crippen LogP contribution in [0, 0.1) is 29.6 Å². The topological polar surface area (TPSA) is 130 Å². The maximum absolute atomic E-state index is 13.0. The molecule has 2 N–H and O–H groups in total. The predicted molar refractivity (Wildman–Crippen MR) is 93.2 cm³/mol. The summed E-state index contributed by atoms with van der Waals surface area (Å²) in [7, 11) is 0. The molecule has 0 atom stereocenters. The number of carbonyl (C=O) groups is 2. The average Bonchev–Trinajstić information content (AvgIpc) is 2.63. The molecule has 1 heterocycles. The quantitative estimate of drug-likeness (QED) is 0.649. The van der Waals surface area contributed by atoms with Crippen LogP contribution < -0.4 is 5.73 Å². The number of nitrogens with zero attached hydrogens (tertiary/aromatic N) is 3. The first-order valence-electron chi connectivity index (χ1n) is 7.82. The monoisotopic (exact) mass is 348 g/mol. The lowest BCUT2D eigenvalue weighted by atomic mass is 9.90. The molecule has 26 heavy (non-hydrogen) atoms. The predicted octanol–water partition coefficient (Wildman–Crippen LogP) is 2.51. The van der Waals surface area contributed by atoms with Crippen LogP contribution in [-0.4, -0.2) is 23.3 Å². The van der Waals surface area contributed by atoms with E-state index in [0.717, 1.165) is 0 Å². The summed E-state index contributed by atoms with van der Waals surface area (Å²) in [6.07, 6.45) is 0. The van der Waals surface area contributed by atoms with Gasteiger partial charge in [-0.25, -0.2) is 9.78 Å². The minimum Gasteiger partial charge on any atom is -0.462 e. The zero-order valence-corrected chi connectivity index (χ0v) is 14.3. The number of pyridine rings is 1. The third kappa shape index (κ3) is 3.38. The first-order valence-corrected chi connectivity index (χ1v) is 7.82. The van der Waals surface area contributed by atoms with E-state index in [1.165, 1.54) is 6.92 Å². The number of carbonyl (C=O) groups excluding carboxylic acids is 2. The van der Waals surface area contributed by atoms with Gasteiger partial charge < -0.3 is 10.5 Å². The zero-order chi connectivity index (χ0) is 19.3. The van der Waals surface area contributed by atoms with Gasteiger partial charge in [0.15, 0.2) is 11.7 Å². The standard InChI is InChI=1S/C19H16N4O3/c1-3-26-19(25)15-11(2)14(17(24)12-7-5-4-6-8-12)16(23-18(15)22)13(9-20)10-21/h4-8,13H,3H2,1-2H3,(H2,22,23). The van der Waals surface area contributed by atoms with Crippen LogP contribution >= 0.6 is 0 Å². The molecule has 7 nitrogen and oxygen atoms in total. The van der Waals surface area contributed by atoms with E-state index in [9.17, 15) is 20.1 Å². The molecular formula is C19H16N4O3. The Labute approximate surface area is 150 Å². The van der Waals surface area contributed by atoms with E-state index < -0.39 is 17.7 Å². The fourth-order valence-electron chi connectivity index (χ4n) is 2.59. The number of hydrogen-bond acceptors (Lipinski definition) is 7. The fraction of sp³-hybridized carbons (Fsp3) is 0.211. The van der Waals surface area contributed by atoms with Crippen LogP contribution in [0.2, 0.25) is 0 Å². The summed E-state index contributed by atoms with van der Waals surface area (Å²) in [6, 6.07) is 11.9. The number of rotatable bonds is 5. The van der Waals surface area contributed by atoms with Crippen LogP contribution in [0.4, 0.5) is 5.82 Å². The van der Waals surface area contributed by atoms with Crippen LogP contribution in [0.1, 0.15) is 50.4 Å². The highest BCUT2D eigenvalue weighted by Crippen LogP contribution is 2.29. The molecule has 0 aliphatic carbocycles. The molecule has 0 aliphatic heterocycles. The van der Waals surface area contributed by atoms with E-state index in [1.807, 2.05) is 0 Å². The number of aromatic nitrogens is 1. The number of nitrogens with two attached hydrogens (primary N) is 1. The highest BCUT2D eigenvalue weighted by molar-refractivity contribution is 6.12. The van der Waals surface area contributed by atoms with Gasteiger partial charge in [-0.1, -0.05) is 30.3 Å². The summed E-state index contributed by atoms with van der Waals surface area (Å²) < 4.78 is 4.98. The van der Waals surface area contributed by atoms with Crippen molar-refractivity contribution in [3.63, 3.8) is 0 Å². The molecule has 0 spiro atoms. The second kappa shape index (κ2) is 7.91. The number of benzene rings is 1. The lowest BCUT2D eigenvalue weighted by molar-refractivity contribution is 0.0526. The second-order valence-electron chi connectivity index (χ2n) is 5.36. The largest absolute Gasteiger partial charge is 0.462 e. The van der Waals surface area contributed by atoms with Crippen LogP contribution in [0.5, 0.6) is 0 Å². The SMILES string of the molecule is CCOC(=O)c1c(N)nc(C(C#N)C#N)c(C(=O)c2ccccc2)c1C. The van der Waals surface area contributed by atoms with E-state index in [2.05, 4.69) is 4.98 Å². The summed E-state index contributed by atoms with van der Waals surface area (Å²) in [5.74, 6) is -2.65. The molecule has 0 amide bonds. The van der Waals surface area contributed by atoms with Crippen molar-refractivity contribution >= 4 is 17.6 Å². The van der Waals surface area contributed by atoms with Gasteiger partial charge in [-0.2, -0.15) is 10.5 Å². The van der Waals surface area contributed by atoms with Gasteiger partial charge in [-0.15, -0.1) is 0 Å². The molecule has 0 aliphatic rings. The number of anilines is 1. The van der Waals surface area contributed by atoms with E-state index in [0.29, 0.717) is 5.56 Å². The Kier molecular flexibility index (Phi) is 5.67. The highest BCUT2D eigenvalue weighted by Gasteiger charge is 2.29. The Bertz CT molecular complexity index is 926. The number of ether oxygens (including phenoxy) is 1. The van der Waals surface area contributed by atoms with E-state index in [-0.39, 0.29) is 34.8 Å². The minimum absolute atomic E-state index is 0.0153. The number of esters is 1. The summed E-state index contributed by atoms with van der Waals surface area (Å²) in [4.78, 5) is 29.3. The molecule has 0 bridgehead atoms. The molecule has 1 aromatic heterocycles. The van der Waals surface area contributed by atoms with Crippen LogP contribution in [0.3, 0.4) is 0 Å². The smallest absolute Gasteiger partial charge is 0.342 e. The Morgan fingerprint density at radius 1 is 1.19 bits per heavy atom. The number of ketones is 1. The van der Waals surface area contributed by atoms with Crippen molar-refractivity contribution in [1.82, 2.24) is 4.98 Å². The molecule has 0 fully saturated rings. The summed E-state index contributed by atoms with van der Waals surface area (Å²) in [5, 5.41) is 18.5. The molecule has 7 heteroatoms. The molecule has 0 saturated heterocycles. The maximum Gasteiger partial charge on any atom is 0.342 e. The summed E-state index contributed by atoms with van der Waals surface area (Å²) in [6.45, 7) is 3.29. The Morgan fingerprint density at radius 3 is 2.35 bits per heavy atom. The van der Waals surface area contributed by atoms with Gasteiger partial charge in [-0.3, -0.25) is 4.79 Å². The number of hydrogen-bond donors (Lipinski definition) is 1. The molecule has 0 radical (unpaired) electrons. The Hall–Kier alpha value is -3.71. The third-order valence-corrected chi connectivity index (χ3v) is 3.78. The lowest BCUT2D eigenvalue weighted by Crippen LogP contribution is -2.19. The van der Waals surface area contributed by atoms with Gasteiger partial charge in [-0.05, 0) is 19.4 Å². The van der Waals surface area contributed by atoms with Crippen molar-refractivity contribution in [2.24, 2.45) is 0 Å². The summed E-state index contributed by atoms with van der Waals surface area (Å²) >= 11 is 0. The summed E-state index contributed by atoms with van der Waals surface area (Å²) in [5.41, 5.74) is 6.35. The molecule has 0 saturated carbocycles. The van der Waals surface area contributed by atoms with Crippen molar-refractivity contribution in [2.45, 2.75) is 19.8 Å². The van der Waals surface area contributed by atoms with Crippen molar-refractivity contribution in [3.05, 3.63) is 58.3 Å². The van der Waals surface area contributed by atoms with Gasteiger partial charge in [0.1, 0.15) is 11.4 Å². The Morgan fingerprint density at radius 2 is 1.81 bits per heavy atom. The number of nitrogen functional groups attached to an aromatic ring is 1. The van der Waals surface area contributed by atoms with Gasteiger partial charge in [0.05, 0.1) is 30.0 Å². The molecule has 130 valence electrons. The molecule has 1 aromatic carbocycles. The van der Waals surface area contributed by atoms with E-state index >= 15 is 0 Å². The maximum atomic E-state index is 13.0. The first-order chi connectivity index (χ1) is 12.5. The zero-order valence-electron chi connectivity index (χ0n) is 14.3. The normalized spacial score (nSPS) is 10.0. The molecule has 0 unspecified atom stereocenters. The van der Waals surface area contributed by atoms with E-state index in [4.69, 9.17) is 10.5 Å². The third-order valence-electron chi connectivity index (χ3n) is 3.78. The van der Waals surface area contributed by atoms with E-state index in [1.54, 1.807) is 49.4 Å². The van der Waals surface area contributed by atoms with Gasteiger partial charge in [0.25, 0.3) is 0 Å². The minimum atomic E-state index is -1.30. The first kappa shape index (κ1) is 18.6.